The second-order valence-corrected chi connectivity index (χ2v) is 9.99. The third-order valence-corrected chi connectivity index (χ3v) is 7.44. The van der Waals surface area contributed by atoms with Crippen molar-refractivity contribution in [2.45, 2.75) is 107 Å². The molecule has 1 N–H and O–H groups in total. The molecule has 0 spiro atoms. The maximum atomic E-state index is 12.6. The summed E-state index contributed by atoms with van der Waals surface area (Å²) in [6.45, 7) is 4.11. The zero-order chi connectivity index (χ0) is 20.8. The van der Waals surface area contributed by atoms with Crippen LogP contribution in [-0.2, 0) is 14.6 Å². The van der Waals surface area contributed by atoms with Crippen LogP contribution in [0.2, 0.25) is 0 Å². The molecular formula is C23H38O4S. The van der Waals surface area contributed by atoms with Gasteiger partial charge in [-0.15, -0.1) is 0 Å². The standard InChI is InChI=1S/C23H38O4S/c1-3-4-5-6-7-8-9-10-11-12-13-14-15-22(23(24)25)28(26,27)21-18-16-20(2)17-19-21/h16-19,22H,3-15H2,1-2H3,(H,24,25). The summed E-state index contributed by atoms with van der Waals surface area (Å²) in [5, 5.41) is 8.07. The van der Waals surface area contributed by atoms with Crippen molar-refractivity contribution < 1.29 is 18.3 Å². The molecule has 0 bridgehead atoms. The van der Waals surface area contributed by atoms with Crippen LogP contribution >= 0.6 is 0 Å². The smallest absolute Gasteiger partial charge is 0.322 e. The Balaban J connectivity index is 2.26. The molecule has 160 valence electrons. The summed E-state index contributed by atoms with van der Waals surface area (Å²) in [6.07, 6.45) is 14.4. The van der Waals surface area contributed by atoms with Crippen LogP contribution in [-0.4, -0.2) is 24.7 Å². The first-order valence-corrected chi connectivity index (χ1v) is 12.5. The van der Waals surface area contributed by atoms with Crippen LogP contribution in [0.15, 0.2) is 29.2 Å². The first kappa shape index (κ1) is 24.7. The number of aryl methyl sites for hydroxylation is 1. The van der Waals surface area contributed by atoms with Crippen LogP contribution in [0, 0.1) is 6.92 Å². The van der Waals surface area contributed by atoms with Gasteiger partial charge in [-0.25, -0.2) is 8.42 Å². The Hall–Kier alpha value is -1.36. The number of carboxylic acid groups (broad SMARTS) is 1. The van der Waals surface area contributed by atoms with E-state index in [1.165, 1.54) is 63.5 Å². The fraction of sp³-hybridized carbons (Fsp3) is 0.696. The average molecular weight is 411 g/mol. The van der Waals surface area contributed by atoms with E-state index in [0.29, 0.717) is 6.42 Å². The van der Waals surface area contributed by atoms with Crippen molar-refractivity contribution in [1.82, 2.24) is 0 Å². The SMILES string of the molecule is CCCCCCCCCCCCCCC(C(=O)O)S(=O)(=O)c1ccc(C)cc1. The highest BCUT2D eigenvalue weighted by Gasteiger charge is 2.33. The van der Waals surface area contributed by atoms with Gasteiger partial charge < -0.3 is 5.11 Å². The van der Waals surface area contributed by atoms with Gasteiger partial charge in [-0.05, 0) is 25.5 Å². The number of rotatable bonds is 16. The zero-order valence-electron chi connectivity index (χ0n) is 17.7. The van der Waals surface area contributed by atoms with Crippen molar-refractivity contribution in [3.63, 3.8) is 0 Å². The van der Waals surface area contributed by atoms with Crippen LogP contribution < -0.4 is 0 Å². The Labute approximate surface area is 171 Å². The third-order valence-electron chi connectivity index (χ3n) is 5.32. The molecule has 1 aromatic carbocycles. The summed E-state index contributed by atoms with van der Waals surface area (Å²) in [5.74, 6) is -1.25. The lowest BCUT2D eigenvalue weighted by atomic mass is 10.0. The predicted molar refractivity (Wildman–Crippen MR) is 115 cm³/mol. The Morgan fingerprint density at radius 1 is 0.821 bits per heavy atom. The number of carboxylic acids is 1. The summed E-state index contributed by atoms with van der Waals surface area (Å²) in [6, 6.07) is 6.41. The maximum absolute atomic E-state index is 12.6. The number of carbonyl (C=O) groups is 1. The zero-order valence-corrected chi connectivity index (χ0v) is 18.5. The molecule has 1 atom stereocenters. The number of benzene rings is 1. The molecular weight excluding hydrogens is 372 g/mol. The summed E-state index contributed by atoms with van der Waals surface area (Å²) >= 11 is 0. The second-order valence-electron chi connectivity index (χ2n) is 7.86. The van der Waals surface area contributed by atoms with E-state index in [9.17, 15) is 18.3 Å². The van der Waals surface area contributed by atoms with E-state index < -0.39 is 21.1 Å². The Morgan fingerprint density at radius 3 is 1.68 bits per heavy atom. The molecule has 4 nitrogen and oxygen atoms in total. The fourth-order valence-corrected chi connectivity index (χ4v) is 5.06. The fourth-order valence-electron chi connectivity index (χ4n) is 3.47. The van der Waals surface area contributed by atoms with Gasteiger partial charge in [-0.2, -0.15) is 0 Å². The van der Waals surface area contributed by atoms with Crippen LogP contribution in [0.1, 0.15) is 96.0 Å². The molecule has 5 heteroatoms. The van der Waals surface area contributed by atoms with Crippen LogP contribution in [0.25, 0.3) is 0 Å². The highest BCUT2D eigenvalue weighted by atomic mass is 32.2. The van der Waals surface area contributed by atoms with Crippen LogP contribution in [0.4, 0.5) is 0 Å². The largest absolute Gasteiger partial charge is 0.480 e. The van der Waals surface area contributed by atoms with Gasteiger partial charge in [0.1, 0.15) is 0 Å². The van der Waals surface area contributed by atoms with Crippen molar-refractivity contribution in [2.75, 3.05) is 0 Å². The van der Waals surface area contributed by atoms with Crippen molar-refractivity contribution in [2.24, 2.45) is 0 Å². The van der Waals surface area contributed by atoms with Gasteiger partial charge in [0, 0.05) is 0 Å². The van der Waals surface area contributed by atoms with Crippen molar-refractivity contribution in [3.05, 3.63) is 29.8 Å². The minimum Gasteiger partial charge on any atom is -0.480 e. The summed E-state index contributed by atoms with van der Waals surface area (Å²) in [4.78, 5) is 11.6. The predicted octanol–water partition coefficient (Wildman–Crippen LogP) is 6.31. The highest BCUT2D eigenvalue weighted by Crippen LogP contribution is 2.22. The molecule has 0 aliphatic carbocycles. The van der Waals surface area contributed by atoms with Gasteiger partial charge in [-0.3, -0.25) is 4.79 Å². The van der Waals surface area contributed by atoms with Gasteiger partial charge in [0.05, 0.1) is 4.90 Å². The Morgan fingerprint density at radius 2 is 1.25 bits per heavy atom. The van der Waals surface area contributed by atoms with Crippen molar-refractivity contribution in [1.29, 1.82) is 0 Å². The molecule has 28 heavy (non-hydrogen) atoms. The Bertz CT molecular complexity index is 650. The van der Waals surface area contributed by atoms with E-state index in [0.717, 1.165) is 24.8 Å². The topological polar surface area (TPSA) is 71.4 Å². The van der Waals surface area contributed by atoms with Crippen LogP contribution in [0.3, 0.4) is 0 Å². The van der Waals surface area contributed by atoms with E-state index in [-0.39, 0.29) is 11.3 Å². The average Bonchev–Trinajstić information content (AvgIpc) is 2.65. The molecule has 0 amide bonds. The number of aliphatic carboxylic acids is 1. The van der Waals surface area contributed by atoms with Gasteiger partial charge in [0.25, 0.3) is 0 Å². The summed E-state index contributed by atoms with van der Waals surface area (Å²) in [7, 11) is -3.83. The lowest BCUT2D eigenvalue weighted by Gasteiger charge is -2.14. The first-order valence-electron chi connectivity index (χ1n) is 10.9. The number of hydrogen-bond acceptors (Lipinski definition) is 3. The molecule has 1 unspecified atom stereocenters. The molecule has 0 aliphatic heterocycles. The minimum absolute atomic E-state index is 0.101. The van der Waals surface area contributed by atoms with Crippen molar-refractivity contribution in [3.8, 4) is 0 Å². The van der Waals surface area contributed by atoms with Gasteiger partial charge in [-0.1, -0.05) is 102 Å². The van der Waals surface area contributed by atoms with Crippen molar-refractivity contribution >= 4 is 15.8 Å². The number of sulfone groups is 1. The summed E-state index contributed by atoms with van der Waals surface area (Å²) in [5.41, 5.74) is 0.951. The molecule has 1 rings (SSSR count). The molecule has 0 radical (unpaired) electrons. The summed E-state index contributed by atoms with van der Waals surface area (Å²) < 4.78 is 25.3. The highest BCUT2D eigenvalue weighted by molar-refractivity contribution is 7.92. The minimum atomic E-state index is -3.83. The van der Waals surface area contributed by atoms with E-state index in [2.05, 4.69) is 6.92 Å². The number of hydrogen-bond donors (Lipinski definition) is 1. The molecule has 0 aromatic heterocycles. The van der Waals surface area contributed by atoms with E-state index >= 15 is 0 Å². The van der Waals surface area contributed by atoms with E-state index in [4.69, 9.17) is 0 Å². The monoisotopic (exact) mass is 410 g/mol. The van der Waals surface area contributed by atoms with Crippen LogP contribution in [0.5, 0.6) is 0 Å². The van der Waals surface area contributed by atoms with Gasteiger partial charge in [0.2, 0.25) is 0 Å². The maximum Gasteiger partial charge on any atom is 0.322 e. The molecule has 1 aromatic rings. The molecule has 0 fully saturated rings. The normalized spacial score (nSPS) is 12.8. The molecule has 0 saturated carbocycles. The molecule has 0 aliphatic rings. The van der Waals surface area contributed by atoms with Gasteiger partial charge in [0.15, 0.2) is 15.1 Å². The lowest BCUT2D eigenvalue weighted by Crippen LogP contribution is -2.30. The lowest BCUT2D eigenvalue weighted by molar-refractivity contribution is -0.136. The quantitative estimate of drug-likeness (QED) is 0.324. The van der Waals surface area contributed by atoms with E-state index in [1.807, 2.05) is 6.92 Å². The third kappa shape index (κ3) is 9.22. The Kier molecular flexibility index (Phi) is 12.1. The van der Waals surface area contributed by atoms with Gasteiger partial charge >= 0.3 is 5.97 Å². The first-order chi connectivity index (χ1) is 13.4. The second kappa shape index (κ2) is 13.8. The molecule has 0 saturated heterocycles. The number of unbranched alkanes of at least 4 members (excludes halogenated alkanes) is 11. The van der Waals surface area contributed by atoms with E-state index in [1.54, 1.807) is 12.1 Å². The molecule has 0 heterocycles.